The lowest BCUT2D eigenvalue weighted by Crippen LogP contribution is -2.34. The van der Waals surface area contributed by atoms with Gasteiger partial charge in [0, 0.05) is 48.8 Å². The SMILES string of the molecule is CN(CC1CCCO1)S(=O)(=O)c1ccc(C(=O)Nc2nc(-c3ccc([N+](=O)[O-])cc3)cs2)cc1. The van der Waals surface area contributed by atoms with Crippen LogP contribution in [0.3, 0.4) is 0 Å². The van der Waals surface area contributed by atoms with Crippen LogP contribution in [0.2, 0.25) is 0 Å². The lowest BCUT2D eigenvalue weighted by Gasteiger charge is -2.20. The van der Waals surface area contributed by atoms with E-state index in [1.54, 1.807) is 17.5 Å². The molecule has 1 aliphatic heterocycles. The van der Waals surface area contributed by atoms with Crippen LogP contribution in [-0.2, 0) is 14.8 Å². The summed E-state index contributed by atoms with van der Waals surface area (Å²) in [7, 11) is -2.18. The van der Waals surface area contributed by atoms with Crippen LogP contribution >= 0.6 is 11.3 Å². The molecule has 178 valence electrons. The molecule has 4 rings (SSSR count). The molecular weight excluding hydrogens is 480 g/mol. The maximum atomic E-state index is 12.8. The first-order chi connectivity index (χ1) is 16.2. The molecule has 1 amide bonds. The van der Waals surface area contributed by atoms with Gasteiger partial charge < -0.3 is 4.74 Å². The Balaban J connectivity index is 1.40. The second kappa shape index (κ2) is 9.97. The first kappa shape index (κ1) is 24.0. The van der Waals surface area contributed by atoms with Gasteiger partial charge in [-0.2, -0.15) is 4.31 Å². The van der Waals surface area contributed by atoms with Crippen LogP contribution in [0, 0.1) is 10.1 Å². The maximum Gasteiger partial charge on any atom is 0.269 e. The van der Waals surface area contributed by atoms with Crippen LogP contribution in [0.4, 0.5) is 10.8 Å². The molecule has 34 heavy (non-hydrogen) atoms. The number of ether oxygens (including phenoxy) is 1. The molecular formula is C22H22N4O6S2. The summed E-state index contributed by atoms with van der Waals surface area (Å²) < 4.78 is 32.4. The highest BCUT2D eigenvalue weighted by Crippen LogP contribution is 2.27. The van der Waals surface area contributed by atoms with Gasteiger partial charge in [-0.1, -0.05) is 0 Å². The molecule has 1 aliphatic rings. The van der Waals surface area contributed by atoms with E-state index in [0.29, 0.717) is 23.0 Å². The van der Waals surface area contributed by atoms with E-state index in [2.05, 4.69) is 10.3 Å². The van der Waals surface area contributed by atoms with E-state index in [9.17, 15) is 23.3 Å². The molecule has 1 N–H and O–H groups in total. The van der Waals surface area contributed by atoms with Gasteiger partial charge in [0.1, 0.15) is 0 Å². The van der Waals surface area contributed by atoms with Gasteiger partial charge in [-0.25, -0.2) is 13.4 Å². The van der Waals surface area contributed by atoms with Crippen LogP contribution in [-0.4, -0.2) is 54.8 Å². The number of sulfonamides is 1. The molecule has 2 aromatic carbocycles. The average Bonchev–Trinajstić information content (AvgIpc) is 3.51. The number of nitro benzene ring substituents is 1. The number of rotatable bonds is 8. The quantitative estimate of drug-likeness (QED) is 0.366. The largest absolute Gasteiger partial charge is 0.377 e. The van der Waals surface area contributed by atoms with E-state index in [1.165, 1.54) is 59.1 Å². The summed E-state index contributed by atoms with van der Waals surface area (Å²) in [4.78, 5) is 27.4. The number of amides is 1. The summed E-state index contributed by atoms with van der Waals surface area (Å²) in [6, 6.07) is 11.7. The minimum Gasteiger partial charge on any atom is -0.377 e. The predicted molar refractivity (Wildman–Crippen MR) is 127 cm³/mol. The minimum absolute atomic E-state index is 0.0176. The molecule has 1 fully saturated rings. The lowest BCUT2D eigenvalue weighted by atomic mass is 10.1. The fourth-order valence-corrected chi connectivity index (χ4v) is 5.44. The Morgan fingerprint density at radius 2 is 1.94 bits per heavy atom. The van der Waals surface area contributed by atoms with Crippen LogP contribution < -0.4 is 5.32 Å². The number of hydrogen-bond acceptors (Lipinski definition) is 8. The highest BCUT2D eigenvalue weighted by Gasteiger charge is 2.26. The third-order valence-electron chi connectivity index (χ3n) is 5.41. The zero-order chi connectivity index (χ0) is 24.3. The summed E-state index contributed by atoms with van der Waals surface area (Å²) in [5.41, 5.74) is 1.53. The fourth-order valence-electron chi connectivity index (χ4n) is 3.52. The monoisotopic (exact) mass is 502 g/mol. The van der Waals surface area contributed by atoms with Gasteiger partial charge in [-0.05, 0) is 49.2 Å². The lowest BCUT2D eigenvalue weighted by molar-refractivity contribution is -0.384. The second-order valence-corrected chi connectivity index (χ2v) is 10.6. The molecule has 0 aliphatic carbocycles. The van der Waals surface area contributed by atoms with E-state index in [1.807, 2.05) is 0 Å². The third kappa shape index (κ3) is 5.30. The summed E-state index contributed by atoms with van der Waals surface area (Å²) in [5.74, 6) is -0.429. The molecule has 1 atom stereocenters. The number of nitrogens with zero attached hydrogens (tertiary/aromatic N) is 3. The number of carbonyl (C=O) groups is 1. The van der Waals surface area contributed by atoms with E-state index in [0.717, 1.165) is 12.8 Å². The molecule has 1 saturated heterocycles. The zero-order valence-electron chi connectivity index (χ0n) is 18.2. The molecule has 3 aromatic rings. The highest BCUT2D eigenvalue weighted by molar-refractivity contribution is 7.89. The summed E-state index contributed by atoms with van der Waals surface area (Å²) in [6.45, 7) is 0.933. The molecule has 0 spiro atoms. The van der Waals surface area contributed by atoms with E-state index >= 15 is 0 Å². The van der Waals surface area contributed by atoms with Gasteiger partial charge >= 0.3 is 0 Å². The summed E-state index contributed by atoms with van der Waals surface area (Å²) >= 11 is 1.21. The van der Waals surface area contributed by atoms with E-state index in [-0.39, 0.29) is 28.8 Å². The van der Waals surface area contributed by atoms with Crippen molar-refractivity contribution in [2.45, 2.75) is 23.8 Å². The number of non-ortho nitro benzene ring substituents is 1. The Labute approximate surface area is 200 Å². The maximum absolute atomic E-state index is 12.8. The zero-order valence-corrected chi connectivity index (χ0v) is 19.8. The van der Waals surface area contributed by atoms with Gasteiger partial charge in [-0.15, -0.1) is 11.3 Å². The first-order valence-electron chi connectivity index (χ1n) is 10.4. The fraction of sp³-hybridized carbons (Fsp3) is 0.273. The molecule has 0 radical (unpaired) electrons. The number of benzene rings is 2. The Bertz CT molecular complexity index is 1280. The Kier molecular flexibility index (Phi) is 7.03. The number of hydrogen-bond donors (Lipinski definition) is 1. The van der Waals surface area contributed by atoms with Gasteiger partial charge in [0.15, 0.2) is 5.13 Å². The number of thiazole rings is 1. The van der Waals surface area contributed by atoms with Crippen molar-refractivity contribution in [1.29, 1.82) is 0 Å². The van der Waals surface area contributed by atoms with Crippen molar-refractivity contribution < 1.29 is 22.9 Å². The van der Waals surface area contributed by atoms with Crippen molar-refractivity contribution >= 4 is 38.1 Å². The van der Waals surface area contributed by atoms with Crippen molar-refractivity contribution in [1.82, 2.24) is 9.29 Å². The van der Waals surface area contributed by atoms with Crippen molar-refractivity contribution in [2.75, 3.05) is 25.5 Å². The number of nitro groups is 1. The van der Waals surface area contributed by atoms with Crippen LogP contribution in [0.15, 0.2) is 58.8 Å². The van der Waals surface area contributed by atoms with Crippen LogP contribution in [0.25, 0.3) is 11.3 Å². The van der Waals surface area contributed by atoms with Crippen molar-refractivity contribution in [3.63, 3.8) is 0 Å². The van der Waals surface area contributed by atoms with E-state index in [4.69, 9.17) is 4.74 Å². The second-order valence-electron chi connectivity index (χ2n) is 7.74. The molecule has 12 heteroatoms. The molecule has 0 bridgehead atoms. The summed E-state index contributed by atoms with van der Waals surface area (Å²) in [6.07, 6.45) is 1.66. The third-order valence-corrected chi connectivity index (χ3v) is 8.00. The van der Waals surface area contributed by atoms with Gasteiger partial charge in [0.25, 0.3) is 11.6 Å². The smallest absolute Gasteiger partial charge is 0.269 e. The number of nitrogens with one attached hydrogen (secondary N) is 1. The normalized spacial score (nSPS) is 16.0. The van der Waals surface area contributed by atoms with Crippen molar-refractivity contribution in [3.05, 3.63) is 69.6 Å². The minimum atomic E-state index is -3.69. The van der Waals surface area contributed by atoms with Crippen LogP contribution in [0.5, 0.6) is 0 Å². The van der Waals surface area contributed by atoms with Crippen molar-refractivity contribution in [2.24, 2.45) is 0 Å². The number of anilines is 1. The Morgan fingerprint density at radius 3 is 2.56 bits per heavy atom. The Hall–Kier alpha value is -3.19. The van der Waals surface area contributed by atoms with Gasteiger partial charge in [0.2, 0.25) is 10.0 Å². The Morgan fingerprint density at radius 1 is 1.24 bits per heavy atom. The topological polar surface area (TPSA) is 132 Å². The van der Waals surface area contributed by atoms with E-state index < -0.39 is 20.9 Å². The average molecular weight is 503 g/mol. The summed E-state index contributed by atoms with van der Waals surface area (Å²) in [5, 5.41) is 15.6. The number of likely N-dealkylation sites (N-methyl/N-ethyl adjacent to an activating group) is 1. The molecule has 1 aromatic heterocycles. The molecule has 0 saturated carbocycles. The predicted octanol–water partition coefficient (Wildman–Crippen LogP) is 3.77. The number of aromatic nitrogens is 1. The van der Waals surface area contributed by atoms with Gasteiger partial charge in [-0.3, -0.25) is 20.2 Å². The molecule has 10 nitrogen and oxygen atoms in total. The van der Waals surface area contributed by atoms with Crippen LogP contribution in [0.1, 0.15) is 23.2 Å². The first-order valence-corrected chi connectivity index (χ1v) is 12.8. The molecule has 1 unspecified atom stereocenters. The highest BCUT2D eigenvalue weighted by atomic mass is 32.2. The van der Waals surface area contributed by atoms with Crippen molar-refractivity contribution in [3.8, 4) is 11.3 Å². The number of carbonyl (C=O) groups excluding carboxylic acids is 1. The molecule has 2 heterocycles. The van der Waals surface area contributed by atoms with Gasteiger partial charge in [0.05, 0.1) is 21.6 Å². The standard InChI is InChI=1S/C22H22N4O6S2/c1-25(13-18-3-2-12-32-18)34(30,31)19-10-6-16(7-11-19)21(27)24-22-23-20(14-33-22)15-4-8-17(9-5-15)26(28)29/h4-11,14,18H,2-3,12-13H2,1H3,(H,23,24,27).